The van der Waals surface area contributed by atoms with Crippen LogP contribution < -0.4 is 5.32 Å². The van der Waals surface area contributed by atoms with Gasteiger partial charge in [0.2, 0.25) is 0 Å². The minimum absolute atomic E-state index is 0. The molecule has 202 valence electrons. The second-order valence-corrected chi connectivity index (χ2v) is 10.4. The second-order valence-electron chi connectivity index (χ2n) is 9.94. The van der Waals surface area contributed by atoms with Gasteiger partial charge in [0.05, 0.1) is 16.6 Å². The van der Waals surface area contributed by atoms with Crippen LogP contribution in [0.5, 0.6) is 0 Å². The third-order valence-electron chi connectivity index (χ3n) is 7.00. The molecule has 0 bridgehead atoms. The van der Waals surface area contributed by atoms with E-state index in [-0.39, 0.29) is 31.0 Å². The second kappa shape index (κ2) is 11.6. The number of likely N-dealkylation sites (tertiary alicyclic amines) is 2. The molecule has 2 aromatic carbocycles. The SMILES string of the molecule is CN(C)C(=O)c1ccc(NC2CN(C3CCN(C(=O)[C@@](C)(O)c4cc(F)cc(F)c4)CC3)C2)cc1Cl.S. The van der Waals surface area contributed by atoms with E-state index in [4.69, 9.17) is 11.6 Å². The van der Waals surface area contributed by atoms with Gasteiger partial charge in [0.15, 0.2) is 5.60 Å². The monoisotopic (exact) mass is 554 g/mol. The zero-order valence-corrected chi connectivity index (χ0v) is 22.9. The molecule has 4 rings (SSSR count). The van der Waals surface area contributed by atoms with Gasteiger partial charge in [-0.15, -0.1) is 0 Å². The van der Waals surface area contributed by atoms with Gasteiger partial charge in [0.25, 0.3) is 11.8 Å². The number of piperidine rings is 1. The Morgan fingerprint density at radius 1 is 1.08 bits per heavy atom. The molecule has 7 nitrogen and oxygen atoms in total. The average molecular weight is 555 g/mol. The van der Waals surface area contributed by atoms with Crippen LogP contribution in [0, 0.1) is 11.6 Å². The normalized spacial score (nSPS) is 18.4. The highest BCUT2D eigenvalue weighted by molar-refractivity contribution is 7.59. The van der Waals surface area contributed by atoms with Crippen molar-refractivity contribution >= 4 is 42.6 Å². The lowest BCUT2D eigenvalue weighted by molar-refractivity contribution is -0.152. The summed E-state index contributed by atoms with van der Waals surface area (Å²) in [7, 11) is 3.37. The molecule has 2 fully saturated rings. The van der Waals surface area contributed by atoms with Crippen molar-refractivity contribution in [3.05, 3.63) is 64.2 Å². The largest absolute Gasteiger partial charge is 0.380 e. The average Bonchev–Trinajstić information content (AvgIpc) is 2.79. The number of rotatable bonds is 6. The molecule has 2 aliphatic rings. The topological polar surface area (TPSA) is 76.1 Å². The first kappa shape index (κ1) is 29.2. The van der Waals surface area contributed by atoms with E-state index in [1.54, 1.807) is 31.1 Å². The van der Waals surface area contributed by atoms with Gasteiger partial charge in [-0.2, -0.15) is 13.5 Å². The Morgan fingerprint density at radius 2 is 1.68 bits per heavy atom. The summed E-state index contributed by atoms with van der Waals surface area (Å²) in [6.07, 6.45) is 1.50. The van der Waals surface area contributed by atoms with Gasteiger partial charge in [-0.1, -0.05) is 11.6 Å². The first-order valence-corrected chi connectivity index (χ1v) is 12.3. The lowest BCUT2D eigenvalue weighted by atomic mass is 9.91. The van der Waals surface area contributed by atoms with E-state index in [9.17, 15) is 23.5 Å². The molecule has 37 heavy (non-hydrogen) atoms. The molecular formula is C26H33ClF2N4O3S. The van der Waals surface area contributed by atoms with Gasteiger partial charge in [0.1, 0.15) is 11.6 Å². The minimum atomic E-state index is -2.00. The summed E-state index contributed by atoms with van der Waals surface area (Å²) in [5.74, 6) is -2.37. The Balaban J connectivity index is 0.00000380. The minimum Gasteiger partial charge on any atom is -0.380 e. The van der Waals surface area contributed by atoms with Crippen molar-refractivity contribution in [2.75, 3.05) is 45.6 Å². The van der Waals surface area contributed by atoms with E-state index in [2.05, 4.69) is 10.2 Å². The maximum absolute atomic E-state index is 13.6. The van der Waals surface area contributed by atoms with Crippen molar-refractivity contribution in [3.8, 4) is 0 Å². The number of carbonyl (C=O) groups excluding carboxylic acids is 2. The van der Waals surface area contributed by atoms with Gasteiger partial charge in [0, 0.05) is 58.1 Å². The number of hydrogen-bond donors (Lipinski definition) is 2. The molecule has 0 radical (unpaired) electrons. The highest BCUT2D eigenvalue weighted by Crippen LogP contribution is 2.30. The molecular weight excluding hydrogens is 522 g/mol. The van der Waals surface area contributed by atoms with Crippen molar-refractivity contribution in [2.24, 2.45) is 0 Å². The molecule has 0 saturated carbocycles. The van der Waals surface area contributed by atoms with Crippen LogP contribution in [0.2, 0.25) is 5.02 Å². The van der Waals surface area contributed by atoms with Crippen molar-refractivity contribution in [1.29, 1.82) is 0 Å². The first-order valence-electron chi connectivity index (χ1n) is 12.0. The predicted octanol–water partition coefficient (Wildman–Crippen LogP) is 3.43. The molecule has 0 unspecified atom stereocenters. The Morgan fingerprint density at radius 3 is 2.22 bits per heavy atom. The Labute approximate surface area is 227 Å². The van der Waals surface area contributed by atoms with Crippen LogP contribution in [0.3, 0.4) is 0 Å². The number of halogens is 3. The number of carbonyl (C=O) groups is 2. The van der Waals surface area contributed by atoms with Crippen LogP contribution in [0.15, 0.2) is 36.4 Å². The molecule has 2 aromatic rings. The number of nitrogens with zero attached hydrogens (tertiary/aromatic N) is 3. The molecule has 2 N–H and O–H groups in total. The summed E-state index contributed by atoms with van der Waals surface area (Å²) < 4.78 is 27.2. The number of hydrogen-bond acceptors (Lipinski definition) is 5. The fourth-order valence-corrected chi connectivity index (χ4v) is 5.12. The van der Waals surface area contributed by atoms with Gasteiger partial charge in [-0.25, -0.2) is 8.78 Å². The zero-order valence-electron chi connectivity index (χ0n) is 21.1. The maximum atomic E-state index is 13.6. The standard InChI is InChI=1S/C26H31ClF2N4O3.H2S/c1-26(36,16-10-17(28)12-18(29)11-16)25(35)32-8-6-21(7-9-32)33-14-20(15-33)30-19-4-5-22(23(27)13-19)24(34)31(2)3;/h4-5,10-13,20-21,30,36H,6-9,14-15H2,1-3H3;1H2/t26-;/m0./s1. The van der Waals surface area contributed by atoms with Crippen LogP contribution in [0.4, 0.5) is 14.5 Å². The highest BCUT2D eigenvalue weighted by Gasteiger charge is 2.40. The number of amides is 2. The Bertz CT molecular complexity index is 1130. The number of benzene rings is 2. The van der Waals surface area contributed by atoms with Gasteiger partial charge < -0.3 is 20.2 Å². The molecule has 2 heterocycles. The van der Waals surface area contributed by atoms with Crippen LogP contribution in [-0.4, -0.2) is 84.0 Å². The summed E-state index contributed by atoms with van der Waals surface area (Å²) >= 11 is 6.30. The molecule has 1 atom stereocenters. The lowest BCUT2D eigenvalue weighted by Gasteiger charge is -2.48. The lowest BCUT2D eigenvalue weighted by Crippen LogP contribution is -2.61. The zero-order chi connectivity index (χ0) is 26.2. The number of anilines is 1. The molecule has 0 aromatic heterocycles. The fraction of sp³-hybridized carbons (Fsp3) is 0.462. The van der Waals surface area contributed by atoms with E-state index in [0.717, 1.165) is 43.8 Å². The van der Waals surface area contributed by atoms with E-state index in [1.807, 2.05) is 6.07 Å². The number of aliphatic hydroxyl groups is 1. The third kappa shape index (κ3) is 6.37. The Kier molecular flexibility index (Phi) is 9.10. The molecule has 11 heteroatoms. The fourth-order valence-electron chi connectivity index (χ4n) is 4.86. The quantitative estimate of drug-likeness (QED) is 0.572. The summed E-state index contributed by atoms with van der Waals surface area (Å²) in [5, 5.41) is 14.6. The molecule has 2 saturated heterocycles. The molecule has 0 spiro atoms. The molecule has 0 aliphatic carbocycles. The van der Waals surface area contributed by atoms with Crippen LogP contribution in [0.25, 0.3) is 0 Å². The highest BCUT2D eigenvalue weighted by atomic mass is 35.5. The van der Waals surface area contributed by atoms with Crippen LogP contribution in [-0.2, 0) is 10.4 Å². The van der Waals surface area contributed by atoms with Gasteiger partial charge >= 0.3 is 0 Å². The molecule has 2 aliphatic heterocycles. The van der Waals surface area contributed by atoms with Crippen molar-refractivity contribution in [1.82, 2.24) is 14.7 Å². The maximum Gasteiger partial charge on any atom is 0.258 e. The van der Waals surface area contributed by atoms with Gasteiger partial charge in [-0.3, -0.25) is 14.5 Å². The van der Waals surface area contributed by atoms with E-state index >= 15 is 0 Å². The van der Waals surface area contributed by atoms with Crippen LogP contribution in [0.1, 0.15) is 35.7 Å². The van der Waals surface area contributed by atoms with E-state index in [1.165, 1.54) is 11.8 Å². The summed E-state index contributed by atoms with van der Waals surface area (Å²) in [6, 6.07) is 8.59. The van der Waals surface area contributed by atoms with E-state index in [0.29, 0.717) is 35.8 Å². The first-order chi connectivity index (χ1) is 17.0. The van der Waals surface area contributed by atoms with Crippen molar-refractivity contribution < 1.29 is 23.5 Å². The third-order valence-corrected chi connectivity index (χ3v) is 7.31. The predicted molar refractivity (Wildman–Crippen MR) is 144 cm³/mol. The summed E-state index contributed by atoms with van der Waals surface area (Å²) in [6.45, 7) is 3.88. The summed E-state index contributed by atoms with van der Waals surface area (Å²) in [5.41, 5.74) is -0.778. The van der Waals surface area contributed by atoms with Crippen molar-refractivity contribution in [3.63, 3.8) is 0 Å². The van der Waals surface area contributed by atoms with Crippen molar-refractivity contribution in [2.45, 2.75) is 37.5 Å². The van der Waals surface area contributed by atoms with Gasteiger partial charge in [-0.05, 0) is 55.7 Å². The van der Waals surface area contributed by atoms with Crippen LogP contribution >= 0.6 is 25.1 Å². The molecule has 2 amide bonds. The van der Waals surface area contributed by atoms with E-state index < -0.39 is 23.1 Å². The summed E-state index contributed by atoms with van der Waals surface area (Å²) in [4.78, 5) is 30.5. The number of nitrogens with one attached hydrogen (secondary N) is 1. The Hall–Kier alpha value is -2.40. The smallest absolute Gasteiger partial charge is 0.258 e.